The first-order chi connectivity index (χ1) is 8.69. The predicted molar refractivity (Wildman–Crippen MR) is 72.7 cm³/mol. The Hall–Kier alpha value is -1.04. The van der Waals surface area contributed by atoms with E-state index in [2.05, 4.69) is 0 Å². The number of aliphatic hydroxyl groups excluding tert-OH is 2. The molecule has 1 aromatic rings. The van der Waals surface area contributed by atoms with Crippen molar-refractivity contribution < 1.29 is 15.0 Å². The summed E-state index contributed by atoms with van der Waals surface area (Å²) in [4.78, 5) is 14.5. The lowest BCUT2D eigenvalue weighted by Crippen LogP contribution is -2.37. The average Bonchev–Trinajstić information content (AvgIpc) is 2.37. The van der Waals surface area contributed by atoms with Crippen LogP contribution in [-0.2, 0) is 4.79 Å². The van der Waals surface area contributed by atoms with Crippen molar-refractivity contribution >= 4 is 17.7 Å². The van der Waals surface area contributed by atoms with Crippen LogP contribution < -0.4 is 0 Å². The lowest BCUT2D eigenvalue weighted by atomic mass is 10.2. The second-order valence-electron chi connectivity index (χ2n) is 3.88. The minimum atomic E-state index is -0.0826. The Morgan fingerprint density at radius 3 is 2.39 bits per heavy atom. The highest BCUT2D eigenvalue weighted by Gasteiger charge is 2.12. The maximum absolute atomic E-state index is 11.9. The fourth-order valence-electron chi connectivity index (χ4n) is 1.55. The van der Waals surface area contributed by atoms with Crippen LogP contribution in [-0.4, -0.2) is 53.1 Å². The summed E-state index contributed by atoms with van der Waals surface area (Å²) in [6.07, 6.45) is 0. The Bertz CT molecular complexity index is 378. The molecule has 1 rings (SSSR count). The fraction of sp³-hybridized carbons (Fsp3) is 0.462. The van der Waals surface area contributed by atoms with Gasteiger partial charge in [-0.15, -0.1) is 11.8 Å². The van der Waals surface area contributed by atoms with Crippen molar-refractivity contribution in [1.29, 1.82) is 0 Å². The van der Waals surface area contributed by atoms with Crippen LogP contribution in [0.2, 0.25) is 0 Å². The van der Waals surface area contributed by atoms with E-state index >= 15 is 0 Å². The molecule has 0 fully saturated rings. The zero-order valence-electron chi connectivity index (χ0n) is 10.5. The zero-order valence-corrected chi connectivity index (χ0v) is 11.3. The largest absolute Gasteiger partial charge is 0.395 e. The molecule has 18 heavy (non-hydrogen) atoms. The molecule has 0 aromatic heterocycles. The summed E-state index contributed by atoms with van der Waals surface area (Å²) in [6, 6.07) is 7.89. The van der Waals surface area contributed by atoms with Gasteiger partial charge in [-0.2, -0.15) is 0 Å². The van der Waals surface area contributed by atoms with Gasteiger partial charge in [-0.25, -0.2) is 0 Å². The summed E-state index contributed by atoms with van der Waals surface area (Å²) in [7, 11) is 0. The molecule has 0 bridgehead atoms. The number of hydrogen-bond acceptors (Lipinski definition) is 4. The van der Waals surface area contributed by atoms with Crippen molar-refractivity contribution in [3.05, 3.63) is 29.8 Å². The topological polar surface area (TPSA) is 60.8 Å². The summed E-state index contributed by atoms with van der Waals surface area (Å²) < 4.78 is 0. The van der Waals surface area contributed by atoms with Gasteiger partial charge in [-0.05, 0) is 18.6 Å². The molecule has 0 saturated carbocycles. The van der Waals surface area contributed by atoms with E-state index < -0.39 is 0 Å². The van der Waals surface area contributed by atoms with Crippen LogP contribution in [0.4, 0.5) is 0 Å². The molecule has 4 nitrogen and oxygen atoms in total. The van der Waals surface area contributed by atoms with Gasteiger partial charge in [-0.3, -0.25) is 4.79 Å². The highest BCUT2D eigenvalue weighted by atomic mass is 32.2. The number of rotatable bonds is 7. The number of carbonyl (C=O) groups is 1. The molecular formula is C13H19NO3S. The van der Waals surface area contributed by atoms with Crippen LogP contribution in [0.25, 0.3) is 0 Å². The second kappa shape index (κ2) is 8.13. The summed E-state index contributed by atoms with van der Waals surface area (Å²) >= 11 is 1.48. The van der Waals surface area contributed by atoms with Crippen molar-refractivity contribution in [3.8, 4) is 0 Å². The first kappa shape index (κ1) is 15.0. The molecule has 0 aliphatic heterocycles. The first-order valence-corrected chi connectivity index (χ1v) is 6.85. The van der Waals surface area contributed by atoms with Crippen molar-refractivity contribution in [2.24, 2.45) is 0 Å². The summed E-state index contributed by atoms with van der Waals surface area (Å²) in [5, 5.41) is 17.7. The van der Waals surface area contributed by atoms with Gasteiger partial charge < -0.3 is 15.1 Å². The third-order valence-corrected chi connectivity index (χ3v) is 3.70. The number of amides is 1. The van der Waals surface area contributed by atoms with Gasteiger partial charge in [0.25, 0.3) is 0 Å². The number of aryl methyl sites for hydroxylation is 1. The van der Waals surface area contributed by atoms with Crippen LogP contribution in [0.1, 0.15) is 5.56 Å². The molecule has 0 aliphatic carbocycles. The number of aliphatic hydroxyl groups is 2. The van der Waals surface area contributed by atoms with E-state index in [9.17, 15) is 4.79 Å². The molecule has 2 N–H and O–H groups in total. The van der Waals surface area contributed by atoms with Gasteiger partial charge >= 0.3 is 0 Å². The molecular weight excluding hydrogens is 250 g/mol. The molecule has 1 amide bonds. The highest BCUT2D eigenvalue weighted by molar-refractivity contribution is 8.00. The second-order valence-corrected chi connectivity index (χ2v) is 4.90. The van der Waals surface area contributed by atoms with Gasteiger partial charge in [-0.1, -0.05) is 18.2 Å². The van der Waals surface area contributed by atoms with Crippen LogP contribution in [0, 0.1) is 6.92 Å². The molecule has 100 valence electrons. The minimum Gasteiger partial charge on any atom is -0.395 e. The van der Waals surface area contributed by atoms with Crippen molar-refractivity contribution in [2.75, 3.05) is 32.1 Å². The van der Waals surface area contributed by atoms with Crippen LogP contribution in [0.15, 0.2) is 29.2 Å². The van der Waals surface area contributed by atoms with E-state index in [0.717, 1.165) is 10.5 Å². The number of benzene rings is 1. The number of thioether (sulfide) groups is 1. The van der Waals surface area contributed by atoms with Gasteiger partial charge in [0.2, 0.25) is 5.91 Å². The van der Waals surface area contributed by atoms with Crippen molar-refractivity contribution in [1.82, 2.24) is 4.90 Å². The van der Waals surface area contributed by atoms with Gasteiger partial charge in [0, 0.05) is 18.0 Å². The van der Waals surface area contributed by atoms with Gasteiger partial charge in [0.15, 0.2) is 0 Å². The highest BCUT2D eigenvalue weighted by Crippen LogP contribution is 2.21. The fourth-order valence-corrected chi connectivity index (χ4v) is 2.48. The third-order valence-electron chi connectivity index (χ3n) is 2.54. The summed E-state index contributed by atoms with van der Waals surface area (Å²) in [6.45, 7) is 2.38. The number of hydrogen-bond donors (Lipinski definition) is 2. The van der Waals surface area contributed by atoms with E-state index in [1.165, 1.54) is 16.7 Å². The normalized spacial score (nSPS) is 10.4. The van der Waals surface area contributed by atoms with Crippen LogP contribution in [0.3, 0.4) is 0 Å². The van der Waals surface area contributed by atoms with Gasteiger partial charge in [0.05, 0.1) is 19.0 Å². The van der Waals surface area contributed by atoms with E-state index in [1.807, 2.05) is 31.2 Å². The van der Waals surface area contributed by atoms with E-state index in [0.29, 0.717) is 5.75 Å². The molecule has 0 aliphatic rings. The summed E-state index contributed by atoms with van der Waals surface area (Å²) in [5.74, 6) is 0.261. The summed E-state index contributed by atoms with van der Waals surface area (Å²) in [5.41, 5.74) is 1.14. The van der Waals surface area contributed by atoms with Crippen LogP contribution in [0.5, 0.6) is 0 Å². The smallest absolute Gasteiger partial charge is 0.233 e. The first-order valence-electron chi connectivity index (χ1n) is 5.87. The third kappa shape index (κ3) is 4.68. The van der Waals surface area contributed by atoms with Crippen molar-refractivity contribution in [2.45, 2.75) is 11.8 Å². The number of nitrogens with zero attached hydrogens (tertiary/aromatic N) is 1. The van der Waals surface area contributed by atoms with Crippen molar-refractivity contribution in [3.63, 3.8) is 0 Å². The number of carbonyl (C=O) groups excluding carboxylic acids is 1. The molecule has 5 heteroatoms. The van der Waals surface area contributed by atoms with E-state index in [-0.39, 0.29) is 32.2 Å². The maximum atomic E-state index is 11.9. The minimum absolute atomic E-state index is 0.0636. The maximum Gasteiger partial charge on any atom is 0.233 e. The molecule has 0 spiro atoms. The lowest BCUT2D eigenvalue weighted by molar-refractivity contribution is -0.129. The Kier molecular flexibility index (Phi) is 6.78. The van der Waals surface area contributed by atoms with Gasteiger partial charge in [0.1, 0.15) is 0 Å². The van der Waals surface area contributed by atoms with E-state index in [4.69, 9.17) is 10.2 Å². The monoisotopic (exact) mass is 269 g/mol. The molecule has 0 heterocycles. The molecule has 0 atom stereocenters. The molecule has 0 saturated heterocycles. The molecule has 1 aromatic carbocycles. The quantitative estimate of drug-likeness (QED) is 0.722. The lowest BCUT2D eigenvalue weighted by Gasteiger charge is -2.20. The standard InChI is InChI=1S/C13H19NO3S/c1-11-4-2-3-5-12(11)18-10-13(17)14(6-8-15)7-9-16/h2-5,15-16H,6-10H2,1H3. The SMILES string of the molecule is Cc1ccccc1SCC(=O)N(CCO)CCO. The molecule has 0 radical (unpaired) electrons. The van der Waals surface area contributed by atoms with E-state index in [1.54, 1.807) is 0 Å². The Morgan fingerprint density at radius 1 is 1.22 bits per heavy atom. The predicted octanol–water partition coefficient (Wildman–Crippen LogP) is 0.900. The zero-order chi connectivity index (χ0) is 13.4. The Labute approximate surface area is 112 Å². The Balaban J connectivity index is 2.51. The average molecular weight is 269 g/mol. The Morgan fingerprint density at radius 2 is 1.83 bits per heavy atom. The molecule has 0 unspecified atom stereocenters. The van der Waals surface area contributed by atoms with Crippen LogP contribution >= 0.6 is 11.8 Å².